The maximum atomic E-state index is 14.3. The molecular weight excluding hydrogens is 485 g/mol. The van der Waals surface area contributed by atoms with Gasteiger partial charge in [0.15, 0.2) is 5.76 Å². The zero-order valence-corrected chi connectivity index (χ0v) is 20.5. The SMILES string of the molecule is COc1ccc2nc(-c3cc4c(F)cccc4o3)cc(C(=O)N[C@@H](CO)Cc3c[nH]c4ccccc34)c2c1. The highest BCUT2D eigenvalue weighted by atomic mass is 19.1. The molecule has 0 aliphatic carbocycles. The Kier molecular flexibility index (Phi) is 6.01. The van der Waals surface area contributed by atoms with Crippen molar-refractivity contribution in [2.75, 3.05) is 13.7 Å². The van der Waals surface area contributed by atoms with Crippen LogP contribution in [0.15, 0.2) is 83.4 Å². The predicted octanol–water partition coefficient (Wildman–Crippen LogP) is 5.61. The summed E-state index contributed by atoms with van der Waals surface area (Å²) in [7, 11) is 1.55. The van der Waals surface area contributed by atoms with Gasteiger partial charge in [-0.25, -0.2) is 9.37 Å². The standard InChI is InChI=1S/C30H24FN3O4/c1-37-19-9-10-26-21(12-19)22(13-27(34-26)29-14-23-24(31)6-4-8-28(23)38-29)30(36)33-18(16-35)11-17-15-32-25-7-3-2-5-20(17)25/h2-10,12-15,18,32,35H,11,16H2,1H3,(H,33,36)/t18-/m1/s1. The second-order valence-electron chi connectivity index (χ2n) is 9.12. The highest BCUT2D eigenvalue weighted by molar-refractivity contribution is 6.07. The minimum absolute atomic E-state index is 0.243. The van der Waals surface area contributed by atoms with E-state index in [1.54, 1.807) is 49.6 Å². The van der Waals surface area contributed by atoms with Crippen LogP contribution in [-0.4, -0.2) is 40.7 Å². The van der Waals surface area contributed by atoms with Crippen molar-refractivity contribution in [3.05, 3.63) is 95.9 Å². The number of methoxy groups -OCH3 is 1. The molecule has 3 aromatic heterocycles. The molecule has 38 heavy (non-hydrogen) atoms. The average Bonchev–Trinajstić information content (AvgIpc) is 3.57. The summed E-state index contributed by atoms with van der Waals surface area (Å²) in [6.07, 6.45) is 2.33. The molecule has 0 aliphatic rings. The van der Waals surface area contributed by atoms with E-state index in [2.05, 4.69) is 15.3 Å². The molecule has 3 aromatic carbocycles. The fourth-order valence-corrected chi connectivity index (χ4v) is 4.79. The van der Waals surface area contributed by atoms with Crippen molar-refractivity contribution < 1.29 is 23.4 Å². The fourth-order valence-electron chi connectivity index (χ4n) is 4.79. The van der Waals surface area contributed by atoms with Crippen molar-refractivity contribution in [1.29, 1.82) is 0 Å². The number of fused-ring (bicyclic) bond motifs is 3. The number of rotatable bonds is 7. The third-order valence-corrected chi connectivity index (χ3v) is 6.72. The number of nitrogens with zero attached hydrogens (tertiary/aromatic N) is 1. The number of carbonyl (C=O) groups excluding carboxylic acids is 1. The summed E-state index contributed by atoms with van der Waals surface area (Å²) in [4.78, 5) is 21.5. The summed E-state index contributed by atoms with van der Waals surface area (Å²) >= 11 is 0. The molecule has 0 aliphatic heterocycles. The van der Waals surface area contributed by atoms with Crippen molar-refractivity contribution in [3.8, 4) is 17.2 Å². The number of aliphatic hydroxyl groups excluding tert-OH is 1. The second kappa shape index (κ2) is 9.64. The topological polar surface area (TPSA) is 100 Å². The molecule has 3 N–H and O–H groups in total. The lowest BCUT2D eigenvalue weighted by Crippen LogP contribution is -2.39. The van der Waals surface area contributed by atoms with Gasteiger partial charge in [-0.05, 0) is 60.5 Å². The van der Waals surface area contributed by atoms with Gasteiger partial charge in [0.1, 0.15) is 22.8 Å². The molecule has 3 heterocycles. The van der Waals surface area contributed by atoms with Gasteiger partial charge < -0.3 is 24.6 Å². The molecule has 1 amide bonds. The Morgan fingerprint density at radius 3 is 2.76 bits per heavy atom. The van der Waals surface area contributed by atoms with Crippen LogP contribution in [0.25, 0.3) is 44.2 Å². The van der Waals surface area contributed by atoms with Crippen LogP contribution in [0.1, 0.15) is 15.9 Å². The molecule has 190 valence electrons. The summed E-state index contributed by atoms with van der Waals surface area (Å²) in [6, 6.07) is 20.4. The van der Waals surface area contributed by atoms with Crippen LogP contribution in [0.2, 0.25) is 0 Å². The van der Waals surface area contributed by atoms with Crippen LogP contribution in [0.4, 0.5) is 4.39 Å². The number of pyridine rings is 1. The molecule has 0 spiro atoms. The molecule has 1 atom stereocenters. The van der Waals surface area contributed by atoms with E-state index in [0.717, 1.165) is 16.5 Å². The van der Waals surface area contributed by atoms with Crippen molar-refractivity contribution in [1.82, 2.24) is 15.3 Å². The lowest BCUT2D eigenvalue weighted by Gasteiger charge is -2.17. The maximum absolute atomic E-state index is 14.3. The summed E-state index contributed by atoms with van der Waals surface area (Å²) < 4.78 is 25.6. The molecule has 6 rings (SSSR count). The zero-order chi connectivity index (χ0) is 26.2. The number of benzene rings is 3. The number of aromatic nitrogens is 2. The number of para-hydroxylation sites is 1. The summed E-state index contributed by atoms with van der Waals surface area (Å²) in [5.41, 5.74) is 3.65. The van der Waals surface area contributed by atoms with Gasteiger partial charge in [0.2, 0.25) is 0 Å². The van der Waals surface area contributed by atoms with Crippen LogP contribution in [0.3, 0.4) is 0 Å². The van der Waals surface area contributed by atoms with E-state index in [9.17, 15) is 14.3 Å². The molecule has 0 radical (unpaired) electrons. The van der Waals surface area contributed by atoms with Crippen molar-refractivity contribution >= 4 is 38.7 Å². The van der Waals surface area contributed by atoms with Crippen LogP contribution in [-0.2, 0) is 6.42 Å². The zero-order valence-electron chi connectivity index (χ0n) is 20.5. The smallest absolute Gasteiger partial charge is 0.252 e. The van der Waals surface area contributed by atoms with Gasteiger partial charge in [-0.1, -0.05) is 24.3 Å². The number of H-pyrrole nitrogens is 1. The van der Waals surface area contributed by atoms with Gasteiger partial charge in [-0.3, -0.25) is 4.79 Å². The molecule has 0 unspecified atom stereocenters. The number of ether oxygens (including phenoxy) is 1. The van der Waals surface area contributed by atoms with Gasteiger partial charge in [0.25, 0.3) is 5.91 Å². The van der Waals surface area contributed by atoms with Crippen LogP contribution >= 0.6 is 0 Å². The van der Waals surface area contributed by atoms with Crippen molar-refractivity contribution in [3.63, 3.8) is 0 Å². The van der Waals surface area contributed by atoms with Crippen LogP contribution in [0, 0.1) is 5.82 Å². The lowest BCUT2D eigenvalue weighted by atomic mass is 10.0. The van der Waals surface area contributed by atoms with E-state index in [0.29, 0.717) is 51.1 Å². The molecule has 7 nitrogen and oxygen atoms in total. The van der Waals surface area contributed by atoms with E-state index in [4.69, 9.17) is 9.15 Å². The Morgan fingerprint density at radius 2 is 1.95 bits per heavy atom. The van der Waals surface area contributed by atoms with E-state index in [-0.39, 0.29) is 12.5 Å². The first kappa shape index (κ1) is 23.7. The fraction of sp³-hybridized carbons (Fsp3) is 0.133. The minimum Gasteiger partial charge on any atom is -0.497 e. The van der Waals surface area contributed by atoms with Crippen LogP contribution in [0.5, 0.6) is 5.75 Å². The second-order valence-corrected chi connectivity index (χ2v) is 9.12. The number of nitrogens with one attached hydrogen (secondary N) is 2. The number of aliphatic hydroxyl groups is 1. The molecule has 0 saturated carbocycles. The highest BCUT2D eigenvalue weighted by Crippen LogP contribution is 2.32. The quantitative estimate of drug-likeness (QED) is 0.260. The molecule has 0 fully saturated rings. The van der Waals surface area contributed by atoms with E-state index >= 15 is 0 Å². The first-order chi connectivity index (χ1) is 18.5. The van der Waals surface area contributed by atoms with Gasteiger partial charge in [-0.2, -0.15) is 0 Å². The normalized spacial score (nSPS) is 12.3. The van der Waals surface area contributed by atoms with E-state index in [1.807, 2.05) is 30.5 Å². The van der Waals surface area contributed by atoms with Gasteiger partial charge in [-0.15, -0.1) is 0 Å². The first-order valence-electron chi connectivity index (χ1n) is 12.2. The van der Waals surface area contributed by atoms with Crippen LogP contribution < -0.4 is 10.1 Å². The number of aromatic amines is 1. The highest BCUT2D eigenvalue weighted by Gasteiger charge is 2.21. The third-order valence-electron chi connectivity index (χ3n) is 6.72. The Balaban J connectivity index is 1.39. The van der Waals surface area contributed by atoms with Crippen molar-refractivity contribution in [2.24, 2.45) is 0 Å². The number of halogens is 1. The Bertz CT molecular complexity index is 1810. The van der Waals surface area contributed by atoms with Gasteiger partial charge in [0.05, 0.1) is 36.2 Å². The summed E-state index contributed by atoms with van der Waals surface area (Å²) in [6.45, 7) is -0.243. The maximum Gasteiger partial charge on any atom is 0.252 e. The van der Waals surface area contributed by atoms with E-state index < -0.39 is 11.9 Å². The number of furan rings is 1. The molecule has 0 bridgehead atoms. The molecule has 8 heteroatoms. The largest absolute Gasteiger partial charge is 0.497 e. The third kappa shape index (κ3) is 4.25. The Hall–Kier alpha value is -4.69. The summed E-state index contributed by atoms with van der Waals surface area (Å²) in [5.74, 6) is 0.135. The molecular formula is C30H24FN3O4. The minimum atomic E-state index is -0.528. The van der Waals surface area contributed by atoms with Crippen molar-refractivity contribution in [2.45, 2.75) is 12.5 Å². The first-order valence-corrected chi connectivity index (χ1v) is 12.2. The predicted molar refractivity (Wildman–Crippen MR) is 144 cm³/mol. The summed E-state index contributed by atoms with van der Waals surface area (Å²) in [5, 5.41) is 15.0. The average molecular weight is 510 g/mol. The number of amides is 1. The lowest BCUT2D eigenvalue weighted by molar-refractivity contribution is 0.0918. The Morgan fingerprint density at radius 1 is 1.08 bits per heavy atom. The van der Waals surface area contributed by atoms with Gasteiger partial charge >= 0.3 is 0 Å². The molecule has 0 saturated heterocycles. The number of hydrogen-bond acceptors (Lipinski definition) is 5. The molecule has 6 aromatic rings. The monoisotopic (exact) mass is 509 g/mol. The number of hydrogen-bond donors (Lipinski definition) is 3. The van der Waals surface area contributed by atoms with E-state index in [1.165, 1.54) is 6.07 Å². The van der Waals surface area contributed by atoms with Gasteiger partial charge in [0, 0.05) is 22.5 Å². The Labute approximate surface area is 216 Å². The number of carbonyl (C=O) groups is 1.